The first-order valence-corrected chi connectivity index (χ1v) is 12.8. The molecule has 1 fully saturated rings. The third kappa shape index (κ3) is 6.40. The molecule has 3 amide bonds. The van der Waals surface area contributed by atoms with Gasteiger partial charge in [0.25, 0.3) is 11.1 Å². The third-order valence-corrected chi connectivity index (χ3v) is 7.00. The van der Waals surface area contributed by atoms with Crippen molar-refractivity contribution in [1.82, 2.24) is 4.90 Å². The van der Waals surface area contributed by atoms with E-state index in [-0.39, 0.29) is 17.3 Å². The van der Waals surface area contributed by atoms with E-state index in [2.05, 4.69) is 37.2 Å². The van der Waals surface area contributed by atoms with Crippen molar-refractivity contribution in [2.24, 2.45) is 0 Å². The van der Waals surface area contributed by atoms with Crippen molar-refractivity contribution in [3.05, 3.63) is 97.3 Å². The SMILES string of the molecule is O=C(CN1C(=O)S/C(=C\c2cc(Br)c(OCc3ccc(F)cc3)c(Br)c2)C1=O)Nc1ccc(F)cc1. The molecule has 1 aliphatic heterocycles. The molecule has 11 heteroatoms. The monoisotopic (exact) mass is 636 g/mol. The summed E-state index contributed by atoms with van der Waals surface area (Å²) in [5, 5.41) is 1.95. The van der Waals surface area contributed by atoms with Crippen LogP contribution in [0.3, 0.4) is 0 Å². The third-order valence-electron chi connectivity index (χ3n) is 4.92. The molecule has 0 radical (unpaired) electrons. The predicted octanol–water partition coefficient (Wildman–Crippen LogP) is 6.74. The average molecular weight is 638 g/mol. The molecule has 1 heterocycles. The van der Waals surface area contributed by atoms with Crippen LogP contribution in [-0.4, -0.2) is 28.5 Å². The van der Waals surface area contributed by atoms with Crippen molar-refractivity contribution in [1.29, 1.82) is 0 Å². The fourth-order valence-corrected chi connectivity index (χ4v) is 5.49. The Morgan fingerprint density at radius 3 is 2.17 bits per heavy atom. The highest BCUT2D eigenvalue weighted by Gasteiger charge is 2.36. The number of nitrogens with one attached hydrogen (secondary N) is 1. The zero-order chi connectivity index (χ0) is 25.8. The number of anilines is 1. The highest BCUT2D eigenvalue weighted by molar-refractivity contribution is 9.11. The second kappa shape index (κ2) is 11.4. The first-order chi connectivity index (χ1) is 17.2. The first kappa shape index (κ1) is 26.1. The number of amides is 3. The van der Waals surface area contributed by atoms with Gasteiger partial charge in [0.15, 0.2) is 0 Å². The Balaban J connectivity index is 1.43. The van der Waals surface area contributed by atoms with Crippen molar-refractivity contribution < 1.29 is 27.9 Å². The summed E-state index contributed by atoms with van der Waals surface area (Å²) in [6.45, 7) is -0.251. The number of carbonyl (C=O) groups is 3. The van der Waals surface area contributed by atoms with Crippen LogP contribution in [0, 0.1) is 11.6 Å². The van der Waals surface area contributed by atoms with E-state index in [1.165, 1.54) is 36.4 Å². The van der Waals surface area contributed by atoms with Gasteiger partial charge in [-0.2, -0.15) is 0 Å². The van der Waals surface area contributed by atoms with Gasteiger partial charge in [-0.05, 0) is 109 Å². The van der Waals surface area contributed by atoms with E-state index in [9.17, 15) is 23.2 Å². The lowest BCUT2D eigenvalue weighted by atomic mass is 10.2. The van der Waals surface area contributed by atoms with E-state index in [1.807, 2.05) is 0 Å². The number of halogens is 4. The molecule has 36 heavy (non-hydrogen) atoms. The van der Waals surface area contributed by atoms with Gasteiger partial charge in [0.1, 0.15) is 30.5 Å². The molecule has 3 aromatic carbocycles. The summed E-state index contributed by atoms with van der Waals surface area (Å²) in [7, 11) is 0. The summed E-state index contributed by atoms with van der Waals surface area (Å²) in [6, 6.07) is 14.5. The van der Waals surface area contributed by atoms with Crippen LogP contribution in [0.5, 0.6) is 5.75 Å². The molecule has 0 spiro atoms. The zero-order valence-corrected chi connectivity index (χ0v) is 22.3. The molecule has 0 atom stereocenters. The van der Waals surface area contributed by atoms with Gasteiger partial charge in [-0.15, -0.1) is 0 Å². The van der Waals surface area contributed by atoms with E-state index in [4.69, 9.17) is 4.74 Å². The average Bonchev–Trinajstić information content (AvgIpc) is 3.08. The molecule has 1 N–H and O–H groups in total. The van der Waals surface area contributed by atoms with Crippen LogP contribution in [0.1, 0.15) is 11.1 Å². The minimum atomic E-state index is -0.594. The molecule has 0 bridgehead atoms. The predicted molar refractivity (Wildman–Crippen MR) is 140 cm³/mol. The maximum Gasteiger partial charge on any atom is 0.294 e. The summed E-state index contributed by atoms with van der Waals surface area (Å²) >= 11 is 7.63. The second-order valence-corrected chi connectivity index (χ2v) is 10.3. The Morgan fingerprint density at radius 2 is 1.56 bits per heavy atom. The molecule has 1 aliphatic rings. The number of hydrogen-bond donors (Lipinski definition) is 1. The van der Waals surface area contributed by atoms with Gasteiger partial charge in [-0.1, -0.05) is 12.1 Å². The van der Waals surface area contributed by atoms with E-state index in [0.717, 1.165) is 22.2 Å². The smallest absolute Gasteiger partial charge is 0.294 e. The molecule has 184 valence electrons. The maximum atomic E-state index is 13.1. The van der Waals surface area contributed by atoms with Gasteiger partial charge in [0, 0.05) is 5.69 Å². The minimum absolute atomic E-state index is 0.161. The van der Waals surface area contributed by atoms with Gasteiger partial charge in [0.05, 0.1) is 13.9 Å². The van der Waals surface area contributed by atoms with Gasteiger partial charge in [-0.3, -0.25) is 19.3 Å². The Hall–Kier alpha value is -3.02. The Morgan fingerprint density at radius 1 is 0.972 bits per heavy atom. The van der Waals surface area contributed by atoms with Crippen molar-refractivity contribution in [2.45, 2.75) is 6.61 Å². The van der Waals surface area contributed by atoms with Gasteiger partial charge in [0.2, 0.25) is 5.91 Å². The number of imide groups is 1. The summed E-state index contributed by atoms with van der Waals surface area (Å²) < 4.78 is 33.1. The second-order valence-electron chi connectivity index (χ2n) is 7.55. The van der Waals surface area contributed by atoms with Crippen molar-refractivity contribution in [3.8, 4) is 5.75 Å². The fourth-order valence-electron chi connectivity index (χ4n) is 3.20. The number of rotatable bonds is 7. The quantitative estimate of drug-likeness (QED) is 0.290. The lowest BCUT2D eigenvalue weighted by molar-refractivity contribution is -0.127. The maximum absolute atomic E-state index is 13.1. The van der Waals surface area contributed by atoms with Crippen LogP contribution < -0.4 is 10.1 Å². The van der Waals surface area contributed by atoms with Crippen molar-refractivity contribution in [2.75, 3.05) is 11.9 Å². The molecule has 0 aromatic heterocycles. The molecular formula is C25H16Br2F2N2O4S. The van der Waals surface area contributed by atoms with E-state index in [1.54, 1.807) is 30.3 Å². The van der Waals surface area contributed by atoms with Crippen LogP contribution in [-0.2, 0) is 16.2 Å². The van der Waals surface area contributed by atoms with E-state index >= 15 is 0 Å². The van der Waals surface area contributed by atoms with Gasteiger partial charge in [-0.25, -0.2) is 8.78 Å². The van der Waals surface area contributed by atoms with Crippen LogP contribution in [0.4, 0.5) is 19.3 Å². The molecule has 0 saturated carbocycles. The van der Waals surface area contributed by atoms with E-state index in [0.29, 0.717) is 25.9 Å². The number of thioether (sulfide) groups is 1. The lowest BCUT2D eigenvalue weighted by Crippen LogP contribution is -2.36. The molecule has 6 nitrogen and oxygen atoms in total. The summed E-state index contributed by atoms with van der Waals surface area (Å²) in [6.07, 6.45) is 1.54. The van der Waals surface area contributed by atoms with E-state index < -0.39 is 29.4 Å². The van der Waals surface area contributed by atoms with Crippen LogP contribution in [0.2, 0.25) is 0 Å². The standard InChI is InChI=1S/C25H16Br2F2N2O4S/c26-19-9-15(10-20(27)23(19)35-13-14-1-3-16(28)4-2-14)11-21-24(33)31(25(34)36-21)12-22(32)30-18-7-5-17(29)6-8-18/h1-11H,12-13H2,(H,30,32)/b21-11-. The number of nitrogens with zero attached hydrogens (tertiary/aromatic N) is 1. The van der Waals surface area contributed by atoms with Crippen LogP contribution >= 0.6 is 43.6 Å². The first-order valence-electron chi connectivity index (χ1n) is 10.4. The van der Waals surface area contributed by atoms with Crippen LogP contribution in [0.15, 0.2) is 74.5 Å². The van der Waals surface area contributed by atoms with Crippen molar-refractivity contribution in [3.63, 3.8) is 0 Å². The fraction of sp³-hybridized carbons (Fsp3) is 0.0800. The topological polar surface area (TPSA) is 75.7 Å². The Kier molecular flexibility index (Phi) is 8.22. The van der Waals surface area contributed by atoms with Gasteiger partial charge < -0.3 is 10.1 Å². The summed E-state index contributed by atoms with van der Waals surface area (Å²) in [4.78, 5) is 38.5. The highest BCUT2D eigenvalue weighted by atomic mass is 79.9. The van der Waals surface area contributed by atoms with Gasteiger partial charge >= 0.3 is 0 Å². The van der Waals surface area contributed by atoms with Crippen molar-refractivity contribution >= 4 is 72.4 Å². The molecule has 0 unspecified atom stereocenters. The molecular weight excluding hydrogens is 622 g/mol. The zero-order valence-electron chi connectivity index (χ0n) is 18.3. The normalized spacial score (nSPS) is 14.4. The molecule has 3 aromatic rings. The molecule has 4 rings (SSSR count). The Labute approximate surface area is 226 Å². The largest absolute Gasteiger partial charge is 0.487 e. The number of hydrogen-bond acceptors (Lipinski definition) is 5. The molecule has 1 saturated heterocycles. The highest BCUT2D eigenvalue weighted by Crippen LogP contribution is 2.38. The lowest BCUT2D eigenvalue weighted by Gasteiger charge is -2.13. The number of carbonyl (C=O) groups excluding carboxylic acids is 3. The minimum Gasteiger partial charge on any atom is -0.487 e. The number of benzene rings is 3. The van der Waals surface area contributed by atoms with Crippen LogP contribution in [0.25, 0.3) is 6.08 Å². The Bertz CT molecular complexity index is 1340. The number of ether oxygens (including phenoxy) is 1. The summed E-state index contributed by atoms with van der Waals surface area (Å²) in [5.41, 5.74) is 1.75. The summed E-state index contributed by atoms with van der Waals surface area (Å²) in [5.74, 6) is -1.44. The molecule has 0 aliphatic carbocycles.